The molecule has 0 radical (unpaired) electrons. The van der Waals surface area contributed by atoms with E-state index in [1.807, 2.05) is 0 Å². The van der Waals surface area contributed by atoms with E-state index >= 15 is 0 Å². The summed E-state index contributed by atoms with van der Waals surface area (Å²) in [5.74, 6) is 2.40. The van der Waals surface area contributed by atoms with E-state index in [-0.39, 0.29) is 10.9 Å². The molecule has 0 saturated heterocycles. The normalized spacial score (nSPS) is 13.0. The molecule has 0 aliphatic carbocycles. The zero-order valence-corrected chi connectivity index (χ0v) is 9.79. The second kappa shape index (κ2) is 5.01. The topological polar surface area (TPSA) is 72.2 Å². The molecule has 5 heteroatoms. The zero-order valence-electron chi connectivity index (χ0n) is 8.97. The quantitative estimate of drug-likeness (QED) is 0.606. The Morgan fingerprint density at radius 2 is 2.25 bits per heavy atom. The fourth-order valence-electron chi connectivity index (χ4n) is 1.23. The molecule has 0 spiro atoms. The van der Waals surface area contributed by atoms with Crippen LogP contribution in [0.25, 0.3) is 0 Å². The predicted molar refractivity (Wildman–Crippen MR) is 64.1 cm³/mol. The number of benzene rings is 1. The van der Waals surface area contributed by atoms with Crippen LogP contribution in [0.4, 0.5) is 5.69 Å². The standard InChI is InChI=1S/C11H14N2O2S/c1-3-5-9(2)13-16(14,15)11-7-4-6-10(12)8-11/h1,4,6-9,13H,5,12H2,2H3. The van der Waals surface area contributed by atoms with Gasteiger partial charge in [0.05, 0.1) is 4.90 Å². The van der Waals surface area contributed by atoms with Gasteiger partial charge in [-0.15, -0.1) is 12.3 Å². The number of hydrogen-bond donors (Lipinski definition) is 2. The molecule has 1 aromatic rings. The molecule has 1 atom stereocenters. The molecule has 4 nitrogen and oxygen atoms in total. The molecule has 16 heavy (non-hydrogen) atoms. The summed E-state index contributed by atoms with van der Waals surface area (Å²) < 4.78 is 26.1. The number of nitrogen functional groups attached to an aromatic ring is 1. The van der Waals surface area contributed by atoms with Crippen molar-refractivity contribution in [3.63, 3.8) is 0 Å². The van der Waals surface area contributed by atoms with Crippen molar-refractivity contribution in [2.45, 2.75) is 24.3 Å². The number of rotatable bonds is 4. The largest absolute Gasteiger partial charge is 0.399 e. The lowest BCUT2D eigenvalue weighted by atomic mass is 10.3. The number of sulfonamides is 1. The van der Waals surface area contributed by atoms with Crippen molar-refractivity contribution in [1.82, 2.24) is 4.72 Å². The highest BCUT2D eigenvalue weighted by molar-refractivity contribution is 7.89. The molecule has 0 aliphatic heterocycles. The summed E-state index contributed by atoms with van der Waals surface area (Å²) in [5, 5.41) is 0. The molecule has 0 aliphatic rings. The van der Waals surface area contributed by atoms with Crippen LogP contribution in [0.5, 0.6) is 0 Å². The molecule has 0 aromatic heterocycles. The summed E-state index contributed by atoms with van der Waals surface area (Å²) in [4.78, 5) is 0.149. The van der Waals surface area contributed by atoms with E-state index in [1.54, 1.807) is 19.1 Å². The van der Waals surface area contributed by atoms with E-state index in [9.17, 15) is 8.42 Å². The second-order valence-corrected chi connectivity index (χ2v) is 5.22. The molecule has 86 valence electrons. The van der Waals surface area contributed by atoms with Gasteiger partial charge in [-0.2, -0.15) is 0 Å². The Hall–Kier alpha value is -1.51. The van der Waals surface area contributed by atoms with E-state index in [1.165, 1.54) is 12.1 Å². The van der Waals surface area contributed by atoms with Crippen molar-refractivity contribution in [2.24, 2.45) is 0 Å². The van der Waals surface area contributed by atoms with Crippen molar-refractivity contribution in [2.75, 3.05) is 5.73 Å². The Morgan fingerprint density at radius 3 is 2.81 bits per heavy atom. The van der Waals surface area contributed by atoms with Gasteiger partial charge in [0.2, 0.25) is 10.0 Å². The van der Waals surface area contributed by atoms with Crippen molar-refractivity contribution < 1.29 is 8.42 Å². The van der Waals surface area contributed by atoms with Gasteiger partial charge in [-0.05, 0) is 25.1 Å². The highest BCUT2D eigenvalue weighted by Crippen LogP contribution is 2.13. The molecule has 0 amide bonds. The first-order valence-electron chi connectivity index (χ1n) is 4.77. The van der Waals surface area contributed by atoms with Crippen LogP contribution in [-0.2, 0) is 10.0 Å². The Bertz CT molecular complexity index is 503. The van der Waals surface area contributed by atoms with Gasteiger partial charge in [0.1, 0.15) is 0 Å². The van der Waals surface area contributed by atoms with E-state index in [2.05, 4.69) is 10.6 Å². The first-order chi connectivity index (χ1) is 7.45. The van der Waals surface area contributed by atoms with Gasteiger partial charge in [-0.25, -0.2) is 13.1 Å². The van der Waals surface area contributed by atoms with Gasteiger partial charge in [0.25, 0.3) is 0 Å². The number of nitrogens with one attached hydrogen (secondary N) is 1. The summed E-state index contributed by atoms with van der Waals surface area (Å²) in [6, 6.07) is 5.82. The molecule has 0 bridgehead atoms. The lowest BCUT2D eigenvalue weighted by Crippen LogP contribution is -2.32. The van der Waals surface area contributed by atoms with Crippen LogP contribution < -0.4 is 10.5 Å². The van der Waals surface area contributed by atoms with E-state index in [0.29, 0.717) is 12.1 Å². The summed E-state index contributed by atoms with van der Waals surface area (Å²) in [6.07, 6.45) is 5.46. The maximum atomic E-state index is 11.8. The van der Waals surface area contributed by atoms with Crippen LogP contribution in [0.1, 0.15) is 13.3 Å². The average molecular weight is 238 g/mol. The van der Waals surface area contributed by atoms with Gasteiger partial charge >= 0.3 is 0 Å². The first-order valence-corrected chi connectivity index (χ1v) is 6.25. The maximum Gasteiger partial charge on any atom is 0.240 e. The van der Waals surface area contributed by atoms with Gasteiger partial charge in [-0.1, -0.05) is 6.07 Å². The highest BCUT2D eigenvalue weighted by Gasteiger charge is 2.16. The number of terminal acetylenes is 1. The fourth-order valence-corrected chi connectivity index (χ4v) is 2.53. The van der Waals surface area contributed by atoms with Crippen molar-refractivity contribution in [1.29, 1.82) is 0 Å². The van der Waals surface area contributed by atoms with Crippen LogP contribution in [0, 0.1) is 12.3 Å². The lowest BCUT2D eigenvalue weighted by molar-refractivity contribution is 0.563. The van der Waals surface area contributed by atoms with Crippen LogP contribution >= 0.6 is 0 Å². The Labute approximate surface area is 95.9 Å². The van der Waals surface area contributed by atoms with E-state index < -0.39 is 10.0 Å². The predicted octanol–water partition coefficient (Wildman–Crippen LogP) is 0.959. The summed E-state index contributed by atoms with van der Waals surface area (Å²) >= 11 is 0. The highest BCUT2D eigenvalue weighted by atomic mass is 32.2. The molecular formula is C11H14N2O2S. The van der Waals surface area contributed by atoms with Crippen LogP contribution in [-0.4, -0.2) is 14.5 Å². The molecule has 1 unspecified atom stereocenters. The van der Waals surface area contributed by atoms with Gasteiger partial charge in [0, 0.05) is 18.2 Å². The summed E-state index contributed by atoms with van der Waals surface area (Å²) in [7, 11) is -3.53. The minimum Gasteiger partial charge on any atom is -0.399 e. The van der Waals surface area contributed by atoms with Crippen LogP contribution in [0.3, 0.4) is 0 Å². The van der Waals surface area contributed by atoms with Crippen molar-refractivity contribution in [3.05, 3.63) is 24.3 Å². The molecule has 3 N–H and O–H groups in total. The zero-order chi connectivity index (χ0) is 12.2. The summed E-state index contributed by atoms with van der Waals surface area (Å²) in [5.41, 5.74) is 5.93. The number of nitrogens with two attached hydrogens (primary N) is 1. The van der Waals surface area contributed by atoms with Gasteiger partial charge in [0.15, 0.2) is 0 Å². The SMILES string of the molecule is C#CCC(C)NS(=O)(=O)c1cccc(N)c1. The third kappa shape index (κ3) is 3.26. The third-order valence-electron chi connectivity index (χ3n) is 1.95. The maximum absolute atomic E-state index is 11.8. The molecule has 1 rings (SSSR count). The molecule has 0 heterocycles. The average Bonchev–Trinajstić information content (AvgIpc) is 2.17. The van der Waals surface area contributed by atoms with Gasteiger partial charge in [-0.3, -0.25) is 0 Å². The Morgan fingerprint density at radius 1 is 1.56 bits per heavy atom. The van der Waals surface area contributed by atoms with Crippen molar-refractivity contribution >= 4 is 15.7 Å². The van der Waals surface area contributed by atoms with E-state index in [4.69, 9.17) is 12.2 Å². The number of hydrogen-bond acceptors (Lipinski definition) is 3. The van der Waals surface area contributed by atoms with Gasteiger partial charge < -0.3 is 5.73 Å². The van der Waals surface area contributed by atoms with Crippen LogP contribution in [0.15, 0.2) is 29.2 Å². The first kappa shape index (κ1) is 12.6. The monoisotopic (exact) mass is 238 g/mol. The molecular weight excluding hydrogens is 224 g/mol. The smallest absolute Gasteiger partial charge is 0.240 e. The second-order valence-electron chi connectivity index (χ2n) is 3.50. The van der Waals surface area contributed by atoms with Crippen LogP contribution in [0.2, 0.25) is 0 Å². The fraction of sp³-hybridized carbons (Fsp3) is 0.273. The minimum atomic E-state index is -3.53. The number of anilines is 1. The minimum absolute atomic E-state index is 0.149. The Kier molecular flexibility index (Phi) is 3.93. The summed E-state index contributed by atoms with van der Waals surface area (Å²) in [6.45, 7) is 1.71. The van der Waals surface area contributed by atoms with Crippen molar-refractivity contribution in [3.8, 4) is 12.3 Å². The third-order valence-corrected chi connectivity index (χ3v) is 3.54. The molecule has 0 saturated carbocycles. The lowest BCUT2D eigenvalue weighted by Gasteiger charge is -2.11. The Balaban J connectivity index is 2.91. The molecule has 0 fully saturated rings. The van der Waals surface area contributed by atoms with E-state index in [0.717, 1.165) is 0 Å². The molecule has 1 aromatic carbocycles.